The maximum atomic E-state index is 5.07. The highest BCUT2D eigenvalue weighted by atomic mass is 32.2. The zero-order valence-electron chi connectivity index (χ0n) is 10.0. The molecular weight excluding hydrogens is 220 g/mol. The van der Waals surface area contributed by atoms with Crippen molar-refractivity contribution < 1.29 is 4.74 Å². The summed E-state index contributed by atoms with van der Waals surface area (Å²) in [5.74, 6) is 1.94. The molecule has 0 amide bonds. The molecule has 0 aliphatic heterocycles. The van der Waals surface area contributed by atoms with Gasteiger partial charge >= 0.3 is 0 Å². The number of rotatable bonds is 8. The van der Waals surface area contributed by atoms with Crippen LogP contribution in [0, 0.1) is 0 Å². The van der Waals surface area contributed by atoms with Crippen LogP contribution >= 0.6 is 11.8 Å². The van der Waals surface area contributed by atoms with Gasteiger partial charge in [0.1, 0.15) is 0 Å². The highest BCUT2D eigenvalue weighted by Gasteiger charge is 1.96. The number of hydrogen-bond donors (Lipinski definition) is 1. The molecule has 0 saturated heterocycles. The Balaban J connectivity index is 2.16. The van der Waals surface area contributed by atoms with Crippen molar-refractivity contribution in [3.63, 3.8) is 0 Å². The smallest absolute Gasteiger partial charge is 0.213 e. The number of hydrogen-bond acceptors (Lipinski definition) is 4. The van der Waals surface area contributed by atoms with Crippen LogP contribution in [0.25, 0.3) is 0 Å². The van der Waals surface area contributed by atoms with Crippen LogP contribution in [-0.2, 0) is 6.54 Å². The minimum atomic E-state index is 0.682. The van der Waals surface area contributed by atoms with Crippen LogP contribution in [-0.4, -0.2) is 30.6 Å². The van der Waals surface area contributed by atoms with Crippen LogP contribution in [0.3, 0.4) is 0 Å². The number of thioether (sulfide) groups is 1. The molecule has 0 aliphatic carbocycles. The number of nitrogens with zero attached hydrogens (tertiary/aromatic N) is 1. The van der Waals surface area contributed by atoms with Crippen molar-refractivity contribution in [1.82, 2.24) is 10.3 Å². The van der Waals surface area contributed by atoms with E-state index >= 15 is 0 Å². The van der Waals surface area contributed by atoms with E-state index in [-0.39, 0.29) is 0 Å². The summed E-state index contributed by atoms with van der Waals surface area (Å²) in [6.45, 7) is 1.96. The average Bonchev–Trinajstić information content (AvgIpc) is 2.34. The largest absolute Gasteiger partial charge is 0.481 e. The van der Waals surface area contributed by atoms with Crippen molar-refractivity contribution in [1.29, 1.82) is 0 Å². The molecule has 1 aromatic heterocycles. The van der Waals surface area contributed by atoms with Gasteiger partial charge in [-0.3, -0.25) is 0 Å². The van der Waals surface area contributed by atoms with Gasteiger partial charge in [-0.25, -0.2) is 4.98 Å². The molecule has 3 nitrogen and oxygen atoms in total. The normalized spacial score (nSPS) is 10.4. The summed E-state index contributed by atoms with van der Waals surface area (Å²) >= 11 is 1.91. The third-order valence-corrected chi connectivity index (χ3v) is 2.99. The second-order valence-corrected chi connectivity index (χ2v) is 4.57. The lowest BCUT2D eigenvalue weighted by Crippen LogP contribution is -2.14. The van der Waals surface area contributed by atoms with Gasteiger partial charge < -0.3 is 10.1 Å². The molecule has 0 saturated carbocycles. The Labute approximate surface area is 102 Å². The second-order valence-electron chi connectivity index (χ2n) is 3.58. The fourth-order valence-corrected chi connectivity index (χ4v) is 1.89. The molecule has 0 radical (unpaired) electrons. The molecule has 1 N–H and O–H groups in total. The van der Waals surface area contributed by atoms with E-state index in [9.17, 15) is 0 Å². The minimum Gasteiger partial charge on any atom is -0.481 e. The van der Waals surface area contributed by atoms with Crippen LogP contribution in [0.4, 0.5) is 0 Å². The Hall–Kier alpha value is -0.740. The molecule has 0 fully saturated rings. The predicted molar refractivity (Wildman–Crippen MR) is 70.1 cm³/mol. The lowest BCUT2D eigenvalue weighted by atomic mass is 10.2. The van der Waals surface area contributed by atoms with Crippen molar-refractivity contribution in [2.45, 2.75) is 19.4 Å². The summed E-state index contributed by atoms with van der Waals surface area (Å²) in [6, 6.07) is 3.98. The average molecular weight is 240 g/mol. The number of unbranched alkanes of at least 4 members (excludes halogenated alkanes) is 1. The summed E-state index contributed by atoms with van der Waals surface area (Å²) in [5.41, 5.74) is 1.22. The van der Waals surface area contributed by atoms with E-state index < -0.39 is 0 Å². The Kier molecular flexibility index (Phi) is 7.01. The predicted octanol–water partition coefficient (Wildman–Crippen LogP) is 2.32. The molecule has 0 unspecified atom stereocenters. The fourth-order valence-electron chi connectivity index (χ4n) is 1.40. The van der Waals surface area contributed by atoms with Gasteiger partial charge in [-0.1, -0.05) is 0 Å². The summed E-state index contributed by atoms with van der Waals surface area (Å²) in [4.78, 5) is 4.07. The van der Waals surface area contributed by atoms with E-state index in [2.05, 4.69) is 16.6 Å². The quantitative estimate of drug-likeness (QED) is 0.707. The Bertz CT molecular complexity index is 294. The van der Waals surface area contributed by atoms with E-state index in [0.717, 1.165) is 13.1 Å². The SMILES string of the molecule is COc1cc(CNCCCCSC)ccn1. The molecule has 1 rings (SSSR count). The fraction of sp³-hybridized carbons (Fsp3) is 0.583. The van der Waals surface area contributed by atoms with Gasteiger partial charge in [-0.15, -0.1) is 0 Å². The zero-order chi connectivity index (χ0) is 11.6. The number of aromatic nitrogens is 1. The molecule has 4 heteroatoms. The Morgan fingerprint density at radius 1 is 1.44 bits per heavy atom. The number of nitrogens with one attached hydrogen (secondary N) is 1. The molecule has 90 valence electrons. The van der Waals surface area contributed by atoms with Crippen LogP contribution in [0.15, 0.2) is 18.3 Å². The maximum Gasteiger partial charge on any atom is 0.213 e. The molecule has 16 heavy (non-hydrogen) atoms. The molecule has 0 spiro atoms. The topological polar surface area (TPSA) is 34.1 Å². The molecule has 0 aliphatic rings. The summed E-state index contributed by atoms with van der Waals surface area (Å²) in [7, 11) is 1.64. The van der Waals surface area contributed by atoms with Crippen LogP contribution < -0.4 is 10.1 Å². The lowest BCUT2D eigenvalue weighted by molar-refractivity contribution is 0.397. The lowest BCUT2D eigenvalue weighted by Gasteiger charge is -2.05. The highest BCUT2D eigenvalue weighted by molar-refractivity contribution is 7.98. The van der Waals surface area contributed by atoms with Gasteiger partial charge in [0.05, 0.1) is 7.11 Å². The first-order valence-corrected chi connectivity index (χ1v) is 6.94. The van der Waals surface area contributed by atoms with E-state index in [1.54, 1.807) is 13.3 Å². The summed E-state index contributed by atoms with van der Waals surface area (Å²) < 4.78 is 5.07. The molecular formula is C12H20N2OS. The van der Waals surface area contributed by atoms with Crippen molar-refractivity contribution in [2.24, 2.45) is 0 Å². The van der Waals surface area contributed by atoms with Crippen LogP contribution in [0.2, 0.25) is 0 Å². The molecule has 1 aromatic rings. The molecule has 0 bridgehead atoms. The van der Waals surface area contributed by atoms with Gasteiger partial charge in [0.15, 0.2) is 0 Å². The summed E-state index contributed by atoms with van der Waals surface area (Å²) in [5, 5.41) is 3.42. The van der Waals surface area contributed by atoms with Gasteiger partial charge in [-0.05, 0) is 43.0 Å². The molecule has 0 aromatic carbocycles. The van der Waals surface area contributed by atoms with Gasteiger partial charge in [-0.2, -0.15) is 11.8 Å². The Morgan fingerprint density at radius 3 is 3.06 bits per heavy atom. The number of ether oxygens (including phenoxy) is 1. The van der Waals surface area contributed by atoms with Crippen LogP contribution in [0.5, 0.6) is 5.88 Å². The third-order valence-electron chi connectivity index (χ3n) is 2.29. The first kappa shape index (κ1) is 13.3. The van der Waals surface area contributed by atoms with Gasteiger partial charge in [0.25, 0.3) is 0 Å². The van der Waals surface area contributed by atoms with Crippen LogP contribution in [0.1, 0.15) is 18.4 Å². The molecule has 1 heterocycles. The molecule has 0 atom stereocenters. The number of methoxy groups -OCH3 is 1. The van der Waals surface area contributed by atoms with E-state index in [4.69, 9.17) is 4.74 Å². The Morgan fingerprint density at radius 2 is 2.31 bits per heavy atom. The maximum absolute atomic E-state index is 5.07. The zero-order valence-corrected chi connectivity index (χ0v) is 10.8. The standard InChI is InChI=1S/C12H20N2OS/c1-15-12-9-11(5-7-14-12)10-13-6-3-4-8-16-2/h5,7,9,13H,3-4,6,8,10H2,1-2H3. The van der Waals surface area contributed by atoms with E-state index in [1.807, 2.05) is 23.9 Å². The van der Waals surface area contributed by atoms with Gasteiger partial charge in [0.2, 0.25) is 5.88 Å². The monoisotopic (exact) mass is 240 g/mol. The first-order chi connectivity index (χ1) is 7.86. The van der Waals surface area contributed by atoms with Gasteiger partial charge in [0, 0.05) is 18.8 Å². The minimum absolute atomic E-state index is 0.682. The second kappa shape index (κ2) is 8.42. The van der Waals surface area contributed by atoms with Crippen molar-refractivity contribution >= 4 is 11.8 Å². The highest BCUT2D eigenvalue weighted by Crippen LogP contribution is 2.08. The van der Waals surface area contributed by atoms with E-state index in [1.165, 1.54) is 24.2 Å². The van der Waals surface area contributed by atoms with Crippen molar-refractivity contribution in [3.05, 3.63) is 23.9 Å². The van der Waals surface area contributed by atoms with Crippen molar-refractivity contribution in [3.8, 4) is 5.88 Å². The number of pyridine rings is 1. The summed E-state index contributed by atoms with van der Waals surface area (Å²) in [6.07, 6.45) is 6.46. The first-order valence-electron chi connectivity index (χ1n) is 5.55. The third kappa shape index (κ3) is 5.37. The van der Waals surface area contributed by atoms with E-state index in [0.29, 0.717) is 5.88 Å². The van der Waals surface area contributed by atoms with Crippen molar-refractivity contribution in [2.75, 3.05) is 25.7 Å².